The normalized spacial score (nSPS) is 18.8. The van der Waals surface area contributed by atoms with Gasteiger partial charge in [-0.25, -0.2) is 0 Å². The van der Waals surface area contributed by atoms with Crippen LogP contribution in [0.5, 0.6) is 0 Å². The minimum Gasteiger partial charge on any atom is -0.391 e. The van der Waals surface area contributed by atoms with Gasteiger partial charge in [0.25, 0.3) is 0 Å². The fourth-order valence-electron chi connectivity index (χ4n) is 2.53. The number of aliphatic hydroxyl groups excluding tert-OH is 1. The first kappa shape index (κ1) is 16.0. The number of likely N-dealkylation sites (tertiary alicyclic amines) is 1. The van der Waals surface area contributed by atoms with Crippen molar-refractivity contribution in [3.8, 4) is 0 Å². The Hall–Kier alpha value is -1.10. The Bertz CT molecular complexity index is 318. The van der Waals surface area contributed by atoms with Crippen LogP contribution in [0, 0.1) is 5.92 Å². The molecule has 0 aromatic rings. The van der Waals surface area contributed by atoms with Crippen molar-refractivity contribution in [2.24, 2.45) is 5.92 Å². The second kappa shape index (κ2) is 7.48. The Balaban J connectivity index is 2.56. The third-order valence-electron chi connectivity index (χ3n) is 3.48. The molecule has 2 atom stereocenters. The van der Waals surface area contributed by atoms with Gasteiger partial charge in [0.15, 0.2) is 0 Å². The second-order valence-corrected chi connectivity index (χ2v) is 5.57. The van der Waals surface area contributed by atoms with E-state index in [0.29, 0.717) is 19.4 Å². The predicted molar refractivity (Wildman–Crippen MR) is 73.5 cm³/mol. The van der Waals surface area contributed by atoms with Crippen LogP contribution in [0.25, 0.3) is 0 Å². The summed E-state index contributed by atoms with van der Waals surface area (Å²) >= 11 is 0. The molecule has 0 bridgehead atoms. The molecule has 0 aromatic heterocycles. The van der Waals surface area contributed by atoms with Crippen LogP contribution in [0.4, 0.5) is 0 Å². The maximum atomic E-state index is 12.2. The topological polar surface area (TPSA) is 69.6 Å². The monoisotopic (exact) mass is 270 g/mol. The van der Waals surface area contributed by atoms with Crippen LogP contribution in [0.15, 0.2) is 0 Å². The van der Waals surface area contributed by atoms with Crippen molar-refractivity contribution in [2.75, 3.05) is 13.1 Å². The van der Waals surface area contributed by atoms with Gasteiger partial charge < -0.3 is 15.3 Å². The van der Waals surface area contributed by atoms with E-state index >= 15 is 0 Å². The van der Waals surface area contributed by atoms with Crippen LogP contribution < -0.4 is 5.32 Å². The van der Waals surface area contributed by atoms with Crippen molar-refractivity contribution in [1.29, 1.82) is 0 Å². The third kappa shape index (κ3) is 4.49. The van der Waals surface area contributed by atoms with E-state index in [-0.39, 0.29) is 24.3 Å². The maximum absolute atomic E-state index is 12.2. The molecule has 19 heavy (non-hydrogen) atoms. The van der Waals surface area contributed by atoms with Crippen LogP contribution in [-0.2, 0) is 9.59 Å². The second-order valence-electron chi connectivity index (χ2n) is 5.57. The number of aliphatic hydroxyl groups is 1. The number of nitrogens with zero attached hydrogens (tertiary/aromatic N) is 1. The van der Waals surface area contributed by atoms with Crippen LogP contribution in [0.1, 0.15) is 46.5 Å². The van der Waals surface area contributed by atoms with Gasteiger partial charge in [-0.1, -0.05) is 27.2 Å². The lowest BCUT2D eigenvalue weighted by Crippen LogP contribution is -2.51. The molecule has 0 aliphatic carbocycles. The highest BCUT2D eigenvalue weighted by Crippen LogP contribution is 2.19. The smallest absolute Gasteiger partial charge is 0.243 e. The molecule has 1 aliphatic heterocycles. The average Bonchev–Trinajstić information content (AvgIpc) is 2.73. The summed E-state index contributed by atoms with van der Waals surface area (Å²) in [5, 5.41) is 12.4. The molecule has 1 rings (SSSR count). The zero-order valence-corrected chi connectivity index (χ0v) is 12.2. The van der Waals surface area contributed by atoms with Crippen LogP contribution in [0.3, 0.4) is 0 Å². The highest BCUT2D eigenvalue weighted by molar-refractivity contribution is 5.88. The van der Waals surface area contributed by atoms with Crippen LogP contribution >= 0.6 is 0 Å². The van der Waals surface area contributed by atoms with Crippen molar-refractivity contribution in [1.82, 2.24) is 10.2 Å². The van der Waals surface area contributed by atoms with Gasteiger partial charge >= 0.3 is 0 Å². The van der Waals surface area contributed by atoms with Gasteiger partial charge in [-0.2, -0.15) is 0 Å². The van der Waals surface area contributed by atoms with E-state index < -0.39 is 12.1 Å². The number of hydrogen-bond donors (Lipinski definition) is 2. The maximum Gasteiger partial charge on any atom is 0.243 e. The van der Waals surface area contributed by atoms with Gasteiger partial charge in [-0.3, -0.25) is 9.59 Å². The van der Waals surface area contributed by atoms with Crippen molar-refractivity contribution in [3.63, 3.8) is 0 Å². The summed E-state index contributed by atoms with van der Waals surface area (Å²) in [6, 6.07) is -0.413. The summed E-state index contributed by atoms with van der Waals surface area (Å²) in [7, 11) is 0. The molecule has 1 saturated heterocycles. The minimum absolute atomic E-state index is 0.0583. The highest BCUT2D eigenvalue weighted by atomic mass is 16.3. The first-order valence-corrected chi connectivity index (χ1v) is 7.22. The molecule has 1 fully saturated rings. The van der Waals surface area contributed by atoms with Gasteiger partial charge in [-0.05, 0) is 18.8 Å². The molecule has 5 nitrogen and oxygen atoms in total. The third-order valence-corrected chi connectivity index (χ3v) is 3.48. The van der Waals surface area contributed by atoms with E-state index in [1.165, 1.54) is 0 Å². The van der Waals surface area contributed by atoms with Gasteiger partial charge in [0.1, 0.15) is 6.04 Å². The lowest BCUT2D eigenvalue weighted by Gasteiger charge is -2.30. The molecule has 1 aliphatic rings. The number of carbonyl (C=O) groups is 2. The Kier molecular flexibility index (Phi) is 6.28. The predicted octanol–water partition coefficient (Wildman–Crippen LogP) is 0.911. The van der Waals surface area contributed by atoms with Crippen LogP contribution in [0.2, 0.25) is 0 Å². The van der Waals surface area contributed by atoms with Crippen LogP contribution in [-0.4, -0.2) is 47.1 Å². The molecule has 0 spiro atoms. The van der Waals surface area contributed by atoms with E-state index in [1.54, 1.807) is 4.90 Å². The summed E-state index contributed by atoms with van der Waals surface area (Å²) in [6.07, 6.45) is 2.42. The first-order chi connectivity index (χ1) is 8.97. The SMILES string of the molecule is CCCC(O)CNC(=O)C(C(C)C)N1CCCC1=O. The summed E-state index contributed by atoms with van der Waals surface area (Å²) in [6.45, 7) is 6.80. The first-order valence-electron chi connectivity index (χ1n) is 7.22. The Morgan fingerprint density at radius 1 is 1.47 bits per heavy atom. The average molecular weight is 270 g/mol. The lowest BCUT2D eigenvalue weighted by molar-refractivity contribution is -0.139. The van der Waals surface area contributed by atoms with Crippen molar-refractivity contribution < 1.29 is 14.7 Å². The number of carbonyl (C=O) groups excluding carboxylic acids is 2. The van der Waals surface area contributed by atoms with E-state index in [9.17, 15) is 14.7 Å². The Morgan fingerprint density at radius 2 is 2.16 bits per heavy atom. The van der Waals surface area contributed by atoms with Crippen molar-refractivity contribution in [2.45, 2.75) is 58.6 Å². The van der Waals surface area contributed by atoms with E-state index in [4.69, 9.17) is 0 Å². The fraction of sp³-hybridized carbons (Fsp3) is 0.857. The molecule has 110 valence electrons. The summed E-state index contributed by atoms with van der Waals surface area (Å²) in [4.78, 5) is 25.6. The number of hydrogen-bond acceptors (Lipinski definition) is 3. The lowest BCUT2D eigenvalue weighted by atomic mass is 10.0. The zero-order chi connectivity index (χ0) is 14.4. The van der Waals surface area contributed by atoms with Gasteiger partial charge in [0, 0.05) is 19.5 Å². The number of amides is 2. The standard InChI is InChI=1S/C14H26N2O3/c1-4-6-11(17)9-15-14(19)13(10(2)3)16-8-5-7-12(16)18/h10-11,13,17H,4-9H2,1-3H3,(H,15,19). The number of nitrogens with one attached hydrogen (secondary N) is 1. The highest BCUT2D eigenvalue weighted by Gasteiger charge is 2.34. The molecular formula is C14H26N2O3. The Morgan fingerprint density at radius 3 is 2.63 bits per heavy atom. The molecule has 5 heteroatoms. The zero-order valence-electron chi connectivity index (χ0n) is 12.2. The van der Waals surface area contributed by atoms with E-state index in [0.717, 1.165) is 12.8 Å². The molecule has 2 N–H and O–H groups in total. The van der Waals surface area contributed by atoms with Gasteiger partial charge in [-0.15, -0.1) is 0 Å². The van der Waals surface area contributed by atoms with Gasteiger partial charge in [0.2, 0.25) is 11.8 Å². The summed E-state index contributed by atoms with van der Waals surface area (Å²) < 4.78 is 0. The molecule has 0 saturated carbocycles. The van der Waals surface area contributed by atoms with E-state index in [2.05, 4.69) is 5.32 Å². The van der Waals surface area contributed by atoms with Crippen molar-refractivity contribution >= 4 is 11.8 Å². The molecule has 0 aromatic carbocycles. The number of rotatable bonds is 7. The minimum atomic E-state index is -0.504. The molecular weight excluding hydrogens is 244 g/mol. The van der Waals surface area contributed by atoms with Crippen molar-refractivity contribution in [3.05, 3.63) is 0 Å². The quantitative estimate of drug-likeness (QED) is 0.722. The molecule has 1 heterocycles. The van der Waals surface area contributed by atoms with E-state index in [1.807, 2.05) is 20.8 Å². The summed E-state index contributed by atoms with van der Waals surface area (Å²) in [5.74, 6) is -0.0197. The Labute approximate surface area is 115 Å². The van der Waals surface area contributed by atoms with Gasteiger partial charge in [0.05, 0.1) is 6.10 Å². The largest absolute Gasteiger partial charge is 0.391 e. The fourth-order valence-corrected chi connectivity index (χ4v) is 2.53. The molecule has 2 amide bonds. The molecule has 0 radical (unpaired) electrons. The molecule has 2 unspecified atom stereocenters. The summed E-state index contributed by atoms with van der Waals surface area (Å²) in [5.41, 5.74) is 0.